The molecule has 2 aliphatic heterocycles. The monoisotopic (exact) mass is 416 g/mol. The summed E-state index contributed by atoms with van der Waals surface area (Å²) >= 11 is 0. The minimum absolute atomic E-state index is 0.199. The molecule has 0 aromatic heterocycles. The van der Waals surface area contributed by atoms with Crippen LogP contribution in [0.1, 0.15) is 24.0 Å². The van der Waals surface area contributed by atoms with Crippen LogP contribution >= 0.6 is 0 Å². The van der Waals surface area contributed by atoms with Gasteiger partial charge in [0.1, 0.15) is 11.4 Å². The molecule has 0 radical (unpaired) electrons. The summed E-state index contributed by atoms with van der Waals surface area (Å²) in [6, 6.07) is 17.9. The zero-order chi connectivity index (χ0) is 21.8. The Labute approximate surface area is 183 Å². The normalized spacial score (nSPS) is 17.5. The van der Waals surface area contributed by atoms with Gasteiger partial charge < -0.3 is 9.64 Å². The van der Waals surface area contributed by atoms with E-state index in [1.165, 1.54) is 10.5 Å². The van der Waals surface area contributed by atoms with Crippen LogP contribution in [0.2, 0.25) is 0 Å². The largest absolute Gasteiger partial charge is 0.496 e. The molecule has 1 fully saturated rings. The Bertz CT molecular complexity index is 1000. The topological polar surface area (TPSA) is 49.9 Å². The Hall–Kier alpha value is -3.34. The smallest absolute Gasteiger partial charge is 0.278 e. The summed E-state index contributed by atoms with van der Waals surface area (Å²) in [7, 11) is 1.58. The van der Waals surface area contributed by atoms with Gasteiger partial charge in [-0.3, -0.25) is 14.5 Å². The lowest BCUT2D eigenvalue weighted by Gasteiger charge is -2.34. The Morgan fingerprint density at radius 2 is 1.68 bits per heavy atom. The van der Waals surface area contributed by atoms with E-state index in [-0.39, 0.29) is 18.4 Å². The Kier molecular flexibility index (Phi) is 6.21. The van der Waals surface area contributed by atoms with Crippen LogP contribution in [0.15, 0.2) is 72.9 Å². The fourth-order valence-corrected chi connectivity index (χ4v) is 4.55. The van der Waals surface area contributed by atoms with Crippen LogP contribution in [0.4, 0.5) is 0 Å². The van der Waals surface area contributed by atoms with Crippen LogP contribution in [-0.4, -0.2) is 48.4 Å². The van der Waals surface area contributed by atoms with Crippen molar-refractivity contribution in [2.45, 2.75) is 19.3 Å². The maximum atomic E-state index is 13.3. The van der Waals surface area contributed by atoms with Crippen molar-refractivity contribution in [1.29, 1.82) is 0 Å². The summed E-state index contributed by atoms with van der Waals surface area (Å²) < 4.78 is 5.50. The number of likely N-dealkylation sites (tertiary alicyclic amines) is 1. The number of ether oxygens (including phenoxy) is 1. The van der Waals surface area contributed by atoms with Crippen LogP contribution in [0, 0.1) is 5.92 Å². The van der Waals surface area contributed by atoms with E-state index in [2.05, 4.69) is 35.7 Å². The SMILES string of the molecule is C=CCN1C(=O)C(c2ccccc2OC)=C(N2CCC(Cc3ccccc3)CC2)C1=O. The van der Waals surface area contributed by atoms with E-state index in [1.54, 1.807) is 13.2 Å². The van der Waals surface area contributed by atoms with Gasteiger partial charge in [0, 0.05) is 25.2 Å². The van der Waals surface area contributed by atoms with Crippen LogP contribution in [0.3, 0.4) is 0 Å². The third-order valence-electron chi connectivity index (χ3n) is 6.13. The highest BCUT2D eigenvalue weighted by molar-refractivity contribution is 6.36. The predicted molar refractivity (Wildman–Crippen MR) is 121 cm³/mol. The standard InChI is InChI=1S/C26H28N2O3/c1-3-15-28-25(29)23(21-11-7-8-12-22(21)31-2)24(26(28)30)27-16-13-20(14-17-27)18-19-9-5-4-6-10-19/h3-12,20H,1,13-18H2,2H3. The number of carbonyl (C=O) groups is 2. The molecule has 4 rings (SSSR count). The second-order valence-electron chi connectivity index (χ2n) is 8.05. The summed E-state index contributed by atoms with van der Waals surface area (Å²) in [4.78, 5) is 29.9. The van der Waals surface area contributed by atoms with Gasteiger partial charge >= 0.3 is 0 Å². The molecule has 2 aromatic rings. The molecule has 0 aliphatic carbocycles. The molecule has 5 heteroatoms. The van der Waals surface area contributed by atoms with Crippen LogP contribution in [0.25, 0.3) is 5.57 Å². The van der Waals surface area contributed by atoms with Gasteiger partial charge in [0.15, 0.2) is 0 Å². The minimum atomic E-state index is -0.282. The number of amides is 2. The lowest BCUT2D eigenvalue weighted by Crippen LogP contribution is -2.39. The molecule has 31 heavy (non-hydrogen) atoms. The highest BCUT2D eigenvalue weighted by atomic mass is 16.5. The Morgan fingerprint density at radius 3 is 2.35 bits per heavy atom. The number of carbonyl (C=O) groups excluding carboxylic acids is 2. The number of para-hydroxylation sites is 1. The van der Waals surface area contributed by atoms with E-state index < -0.39 is 0 Å². The third kappa shape index (κ3) is 4.13. The number of piperidine rings is 1. The molecule has 2 aromatic carbocycles. The second kappa shape index (κ2) is 9.21. The number of benzene rings is 2. The molecule has 0 atom stereocenters. The Balaban J connectivity index is 1.62. The van der Waals surface area contributed by atoms with E-state index >= 15 is 0 Å². The van der Waals surface area contributed by atoms with Gasteiger partial charge in [0.25, 0.3) is 11.8 Å². The van der Waals surface area contributed by atoms with Crippen LogP contribution in [-0.2, 0) is 16.0 Å². The predicted octanol–water partition coefficient (Wildman–Crippen LogP) is 3.92. The van der Waals surface area contributed by atoms with Crippen molar-refractivity contribution in [2.24, 2.45) is 5.92 Å². The van der Waals surface area contributed by atoms with E-state index in [1.807, 2.05) is 30.3 Å². The first-order valence-corrected chi connectivity index (χ1v) is 10.8. The highest BCUT2D eigenvalue weighted by Crippen LogP contribution is 2.37. The number of nitrogens with zero attached hydrogens (tertiary/aromatic N) is 2. The molecule has 0 N–H and O–H groups in total. The van der Waals surface area contributed by atoms with Gasteiger partial charge in [0.05, 0.1) is 12.7 Å². The number of hydrogen-bond acceptors (Lipinski definition) is 4. The quantitative estimate of drug-likeness (QED) is 0.507. The zero-order valence-electron chi connectivity index (χ0n) is 17.9. The van der Waals surface area contributed by atoms with Crippen molar-refractivity contribution < 1.29 is 14.3 Å². The van der Waals surface area contributed by atoms with E-state index in [0.29, 0.717) is 28.5 Å². The molecular formula is C26H28N2O3. The van der Waals surface area contributed by atoms with Crippen molar-refractivity contribution in [3.8, 4) is 5.75 Å². The second-order valence-corrected chi connectivity index (χ2v) is 8.05. The number of imide groups is 1. The van der Waals surface area contributed by atoms with E-state index in [0.717, 1.165) is 32.4 Å². The number of methoxy groups -OCH3 is 1. The van der Waals surface area contributed by atoms with Gasteiger partial charge in [0.2, 0.25) is 0 Å². The molecule has 5 nitrogen and oxygen atoms in total. The summed E-state index contributed by atoms with van der Waals surface area (Å²) in [5.41, 5.74) is 2.94. The Morgan fingerprint density at radius 1 is 1.00 bits per heavy atom. The van der Waals surface area contributed by atoms with E-state index in [9.17, 15) is 9.59 Å². The zero-order valence-corrected chi connectivity index (χ0v) is 17.9. The van der Waals surface area contributed by atoms with Crippen molar-refractivity contribution in [2.75, 3.05) is 26.7 Å². The van der Waals surface area contributed by atoms with Crippen molar-refractivity contribution in [3.05, 3.63) is 84.1 Å². The third-order valence-corrected chi connectivity index (χ3v) is 6.13. The van der Waals surface area contributed by atoms with Gasteiger partial charge in [-0.2, -0.15) is 0 Å². The average Bonchev–Trinajstić information content (AvgIpc) is 3.05. The van der Waals surface area contributed by atoms with Gasteiger partial charge in [-0.25, -0.2) is 0 Å². The molecule has 0 bridgehead atoms. The number of hydrogen-bond donors (Lipinski definition) is 0. The summed E-state index contributed by atoms with van der Waals surface area (Å²) in [6.07, 6.45) is 4.61. The van der Waals surface area contributed by atoms with Crippen LogP contribution < -0.4 is 4.74 Å². The van der Waals surface area contributed by atoms with E-state index in [4.69, 9.17) is 4.74 Å². The molecule has 1 saturated heterocycles. The first-order chi connectivity index (χ1) is 15.1. The first-order valence-electron chi connectivity index (χ1n) is 10.8. The highest BCUT2D eigenvalue weighted by Gasteiger charge is 2.42. The van der Waals surface area contributed by atoms with Gasteiger partial charge in [-0.15, -0.1) is 6.58 Å². The van der Waals surface area contributed by atoms with Crippen molar-refractivity contribution >= 4 is 17.4 Å². The fraction of sp³-hybridized carbons (Fsp3) is 0.308. The lowest BCUT2D eigenvalue weighted by molar-refractivity contribution is -0.137. The molecule has 0 saturated carbocycles. The molecule has 160 valence electrons. The maximum absolute atomic E-state index is 13.3. The minimum Gasteiger partial charge on any atom is -0.496 e. The van der Waals surface area contributed by atoms with Crippen molar-refractivity contribution in [3.63, 3.8) is 0 Å². The molecule has 2 heterocycles. The molecule has 2 amide bonds. The summed E-state index contributed by atoms with van der Waals surface area (Å²) in [5, 5.41) is 0. The summed E-state index contributed by atoms with van der Waals surface area (Å²) in [5.74, 6) is 0.643. The lowest BCUT2D eigenvalue weighted by atomic mass is 9.89. The molecule has 2 aliphatic rings. The average molecular weight is 417 g/mol. The number of rotatable bonds is 7. The molecule has 0 unspecified atom stereocenters. The molecule has 0 spiro atoms. The van der Waals surface area contributed by atoms with Crippen molar-refractivity contribution in [1.82, 2.24) is 9.80 Å². The summed E-state index contributed by atoms with van der Waals surface area (Å²) in [6.45, 7) is 5.42. The van der Waals surface area contributed by atoms with Gasteiger partial charge in [-0.05, 0) is 36.8 Å². The molecular weight excluding hydrogens is 388 g/mol. The fourth-order valence-electron chi connectivity index (χ4n) is 4.55. The van der Waals surface area contributed by atoms with Gasteiger partial charge in [-0.1, -0.05) is 54.6 Å². The first kappa shape index (κ1) is 20.9. The maximum Gasteiger partial charge on any atom is 0.278 e. The van der Waals surface area contributed by atoms with Crippen LogP contribution in [0.5, 0.6) is 5.75 Å².